The van der Waals surface area contributed by atoms with E-state index in [0.717, 1.165) is 19.0 Å². The van der Waals surface area contributed by atoms with Gasteiger partial charge in [-0.3, -0.25) is 4.99 Å². The zero-order valence-corrected chi connectivity index (χ0v) is 10.4. The Labute approximate surface area is 84.0 Å². The molecule has 3 nitrogen and oxygen atoms in total. The van der Waals surface area contributed by atoms with Crippen molar-refractivity contribution in [3.8, 4) is 0 Å². The van der Waals surface area contributed by atoms with Crippen LogP contribution in [0.2, 0.25) is 0 Å². The fourth-order valence-corrected chi connectivity index (χ4v) is 0.582. The Balaban J connectivity index is -0.000000144. The van der Waals surface area contributed by atoms with Crippen molar-refractivity contribution >= 4 is 5.96 Å². The van der Waals surface area contributed by atoms with Crippen molar-refractivity contribution in [2.75, 3.05) is 20.1 Å². The summed E-state index contributed by atoms with van der Waals surface area (Å²) in [5.41, 5.74) is 0. The maximum Gasteiger partial charge on any atom is 0.191 e. The van der Waals surface area contributed by atoms with Gasteiger partial charge in [-0.1, -0.05) is 41.5 Å². The van der Waals surface area contributed by atoms with Crippen LogP contribution in [0, 0.1) is 0 Å². The molecule has 0 amide bonds. The highest BCUT2D eigenvalue weighted by molar-refractivity contribution is 5.81. The molecule has 0 spiro atoms. The summed E-state index contributed by atoms with van der Waals surface area (Å²) in [6, 6.07) is 0. The van der Waals surface area contributed by atoms with E-state index in [1.807, 2.05) is 41.5 Å². The molecule has 1 aliphatic heterocycles. The summed E-state index contributed by atoms with van der Waals surface area (Å²) in [4.78, 5) is 3.88. The van der Waals surface area contributed by atoms with Gasteiger partial charge < -0.3 is 10.6 Å². The third kappa shape index (κ3) is 14.2. The van der Waals surface area contributed by atoms with Crippen LogP contribution in [0.15, 0.2) is 4.99 Å². The summed E-state index contributed by atoms with van der Waals surface area (Å²) in [6.07, 6.45) is 0. The summed E-state index contributed by atoms with van der Waals surface area (Å²) in [7, 11) is 1.76. The van der Waals surface area contributed by atoms with Gasteiger partial charge in [-0.05, 0) is 0 Å². The fourth-order valence-electron chi connectivity index (χ4n) is 0.582. The molecule has 1 saturated heterocycles. The molecule has 3 heteroatoms. The third-order valence-electron chi connectivity index (χ3n) is 0.933. The van der Waals surface area contributed by atoms with Crippen LogP contribution in [0.25, 0.3) is 0 Å². The van der Waals surface area contributed by atoms with Gasteiger partial charge in [0.2, 0.25) is 0 Å². The van der Waals surface area contributed by atoms with Crippen LogP contribution in [0.5, 0.6) is 0 Å². The zero-order valence-electron chi connectivity index (χ0n) is 10.4. The molecule has 0 radical (unpaired) electrons. The molecule has 0 aliphatic carbocycles. The lowest BCUT2D eigenvalue weighted by atomic mass is 10.7. The Hall–Kier alpha value is -0.730. The van der Waals surface area contributed by atoms with E-state index in [1.165, 1.54) is 0 Å². The van der Waals surface area contributed by atoms with Gasteiger partial charge in [0.05, 0.1) is 0 Å². The van der Waals surface area contributed by atoms with E-state index in [-0.39, 0.29) is 0 Å². The lowest BCUT2D eigenvalue weighted by molar-refractivity contribution is 0.942. The van der Waals surface area contributed by atoms with Gasteiger partial charge in [0, 0.05) is 20.1 Å². The van der Waals surface area contributed by atoms with Gasteiger partial charge in [0.25, 0.3) is 0 Å². The minimum atomic E-state index is 0.917. The topological polar surface area (TPSA) is 36.4 Å². The number of nitrogens with zero attached hydrogens (tertiary/aromatic N) is 1. The van der Waals surface area contributed by atoms with Crippen LogP contribution in [-0.2, 0) is 0 Å². The summed E-state index contributed by atoms with van der Waals surface area (Å²) in [5, 5.41) is 6.09. The predicted octanol–water partition coefficient (Wildman–Crippen LogP) is 2.24. The van der Waals surface area contributed by atoms with Gasteiger partial charge in [0.1, 0.15) is 0 Å². The zero-order chi connectivity index (χ0) is 11.1. The third-order valence-corrected chi connectivity index (χ3v) is 0.933. The van der Waals surface area contributed by atoms with Crippen molar-refractivity contribution in [1.29, 1.82) is 0 Å². The van der Waals surface area contributed by atoms with E-state index in [9.17, 15) is 0 Å². The SMILES string of the molecule is CC.CC.CC.CN=C1NCCN1. The number of hydrogen-bond acceptors (Lipinski definition) is 1. The molecule has 0 aromatic carbocycles. The average molecular weight is 189 g/mol. The second-order valence-electron chi connectivity index (χ2n) is 1.43. The molecule has 1 heterocycles. The molecule has 1 aliphatic rings. The average Bonchev–Trinajstić information content (AvgIpc) is 2.79. The standard InChI is InChI=1S/C4H9N3.3C2H6/c1-5-4-6-2-3-7-4;3*1-2/h2-3H2,1H3,(H2,5,6,7);3*1-2H3. The Morgan fingerprint density at radius 2 is 1.15 bits per heavy atom. The molecule has 2 N–H and O–H groups in total. The molecule has 0 aromatic heterocycles. The maximum absolute atomic E-state index is 3.88. The largest absolute Gasteiger partial charge is 0.355 e. The van der Waals surface area contributed by atoms with Crippen molar-refractivity contribution in [1.82, 2.24) is 10.6 Å². The summed E-state index contributed by atoms with van der Waals surface area (Å²) < 4.78 is 0. The molecule has 0 atom stereocenters. The van der Waals surface area contributed by atoms with Crippen LogP contribution >= 0.6 is 0 Å². The molecule has 0 unspecified atom stereocenters. The van der Waals surface area contributed by atoms with Crippen molar-refractivity contribution in [3.63, 3.8) is 0 Å². The fraction of sp³-hybridized carbons (Fsp3) is 0.900. The van der Waals surface area contributed by atoms with E-state index in [4.69, 9.17) is 0 Å². The quantitative estimate of drug-likeness (QED) is 0.613. The van der Waals surface area contributed by atoms with Crippen LogP contribution in [0.4, 0.5) is 0 Å². The minimum absolute atomic E-state index is 0.917. The maximum atomic E-state index is 3.88. The summed E-state index contributed by atoms with van der Waals surface area (Å²) >= 11 is 0. The molecule has 13 heavy (non-hydrogen) atoms. The van der Waals surface area contributed by atoms with E-state index >= 15 is 0 Å². The number of hydrogen-bond donors (Lipinski definition) is 2. The van der Waals surface area contributed by atoms with Crippen LogP contribution in [-0.4, -0.2) is 26.1 Å². The molecule has 1 rings (SSSR count). The van der Waals surface area contributed by atoms with Crippen molar-refractivity contribution in [3.05, 3.63) is 0 Å². The van der Waals surface area contributed by atoms with Gasteiger partial charge >= 0.3 is 0 Å². The number of aliphatic imine (C=N–C) groups is 1. The summed E-state index contributed by atoms with van der Waals surface area (Å²) in [5.74, 6) is 0.917. The van der Waals surface area contributed by atoms with Gasteiger partial charge in [-0.15, -0.1) is 0 Å². The first-order valence-corrected chi connectivity index (χ1v) is 5.38. The van der Waals surface area contributed by atoms with Crippen molar-refractivity contribution in [2.45, 2.75) is 41.5 Å². The molecule has 0 aromatic rings. The predicted molar refractivity (Wildman–Crippen MR) is 63.4 cm³/mol. The highest BCUT2D eigenvalue weighted by atomic mass is 15.2. The number of rotatable bonds is 0. The smallest absolute Gasteiger partial charge is 0.191 e. The second kappa shape index (κ2) is 22.5. The Morgan fingerprint density at radius 1 is 0.846 bits per heavy atom. The van der Waals surface area contributed by atoms with Gasteiger partial charge in [0.15, 0.2) is 5.96 Å². The Morgan fingerprint density at radius 3 is 1.31 bits per heavy atom. The van der Waals surface area contributed by atoms with Crippen LogP contribution in [0.3, 0.4) is 0 Å². The van der Waals surface area contributed by atoms with Crippen molar-refractivity contribution < 1.29 is 0 Å². The van der Waals surface area contributed by atoms with E-state index in [2.05, 4.69) is 15.6 Å². The lowest BCUT2D eigenvalue weighted by Gasteiger charge is -1.90. The molecule has 0 saturated carbocycles. The van der Waals surface area contributed by atoms with Gasteiger partial charge in [-0.2, -0.15) is 0 Å². The van der Waals surface area contributed by atoms with E-state index in [0.29, 0.717) is 0 Å². The van der Waals surface area contributed by atoms with Crippen LogP contribution < -0.4 is 10.6 Å². The highest BCUT2D eigenvalue weighted by Crippen LogP contribution is 1.72. The van der Waals surface area contributed by atoms with E-state index < -0.39 is 0 Å². The first kappa shape index (κ1) is 18.1. The monoisotopic (exact) mass is 189 g/mol. The molecular formula is C10H27N3. The summed E-state index contributed by atoms with van der Waals surface area (Å²) in [6.45, 7) is 14.0. The lowest BCUT2D eigenvalue weighted by Crippen LogP contribution is -2.23. The first-order chi connectivity index (χ1) is 6.43. The molecular weight excluding hydrogens is 162 g/mol. The Kier molecular flexibility index (Phi) is 31.4. The highest BCUT2D eigenvalue weighted by Gasteiger charge is 2.00. The molecule has 1 fully saturated rings. The van der Waals surface area contributed by atoms with Crippen LogP contribution in [0.1, 0.15) is 41.5 Å². The van der Waals surface area contributed by atoms with E-state index in [1.54, 1.807) is 7.05 Å². The Bertz CT molecular complexity index is 82.2. The van der Waals surface area contributed by atoms with Crippen molar-refractivity contribution in [2.24, 2.45) is 4.99 Å². The number of nitrogens with one attached hydrogen (secondary N) is 2. The first-order valence-electron chi connectivity index (χ1n) is 5.38. The normalized spacial score (nSPS) is 11.2. The minimum Gasteiger partial charge on any atom is -0.355 e. The van der Waals surface area contributed by atoms with Gasteiger partial charge in [-0.25, -0.2) is 0 Å². The molecule has 82 valence electrons. The number of guanidine groups is 1. The molecule has 0 bridgehead atoms. The second-order valence-corrected chi connectivity index (χ2v) is 1.43.